The van der Waals surface area contributed by atoms with Crippen LogP contribution in [0.25, 0.3) is 20.8 Å². The van der Waals surface area contributed by atoms with Crippen LogP contribution in [0.5, 0.6) is 0 Å². The van der Waals surface area contributed by atoms with Gasteiger partial charge in [-0.25, -0.2) is 9.97 Å². The topological polar surface area (TPSA) is 150 Å². The third-order valence-corrected chi connectivity index (χ3v) is 7.01. The van der Waals surface area contributed by atoms with E-state index in [4.69, 9.17) is 10.7 Å². The second-order valence-electron chi connectivity index (χ2n) is 8.17. The van der Waals surface area contributed by atoms with Gasteiger partial charge in [0.25, 0.3) is 0 Å². The van der Waals surface area contributed by atoms with Crippen molar-refractivity contribution in [3.8, 4) is 10.6 Å². The standard InChI is InChI=1S/C20H24N6O3S/c1-8-15(19-25-13-6-22-11(9-2-3-9)5-14(13)30-19)18(26-20(21)23-8)24-12-4-10(7-27)16(28)17(12)29/h5-6,9-10,12,16-17,27-29H,2-4,7H2,1H3,(H3,21,23,24,26)/t10-,12-,16-,17+/m1/s1. The summed E-state index contributed by atoms with van der Waals surface area (Å²) in [6.07, 6.45) is 2.58. The molecule has 10 heteroatoms. The van der Waals surface area contributed by atoms with E-state index in [1.54, 1.807) is 11.3 Å². The highest BCUT2D eigenvalue weighted by molar-refractivity contribution is 7.21. The van der Waals surface area contributed by atoms with Gasteiger partial charge in [0.05, 0.1) is 34.3 Å². The molecule has 0 aliphatic heterocycles. The Balaban J connectivity index is 1.53. The molecule has 2 aliphatic rings. The number of nitrogens with zero attached hydrogens (tertiary/aromatic N) is 4. The maximum atomic E-state index is 10.4. The smallest absolute Gasteiger partial charge is 0.222 e. The Morgan fingerprint density at radius 2 is 2.00 bits per heavy atom. The first-order valence-electron chi connectivity index (χ1n) is 10.1. The zero-order chi connectivity index (χ0) is 21.0. The van der Waals surface area contributed by atoms with Gasteiger partial charge in [0.2, 0.25) is 5.95 Å². The molecule has 3 aromatic heterocycles. The number of aliphatic hydroxyl groups is 3. The van der Waals surface area contributed by atoms with Crippen molar-refractivity contribution < 1.29 is 15.3 Å². The van der Waals surface area contributed by atoms with Crippen LogP contribution in [-0.2, 0) is 0 Å². The van der Waals surface area contributed by atoms with Crippen LogP contribution < -0.4 is 11.1 Å². The van der Waals surface area contributed by atoms with Crippen molar-refractivity contribution in [2.24, 2.45) is 5.92 Å². The van der Waals surface area contributed by atoms with Gasteiger partial charge in [-0.3, -0.25) is 4.98 Å². The molecule has 6 N–H and O–H groups in total. The molecule has 0 amide bonds. The van der Waals surface area contributed by atoms with Gasteiger partial charge < -0.3 is 26.4 Å². The van der Waals surface area contributed by atoms with Crippen LogP contribution in [0.1, 0.15) is 36.6 Å². The Hall–Kier alpha value is -2.40. The third-order valence-electron chi connectivity index (χ3n) is 5.97. The summed E-state index contributed by atoms with van der Waals surface area (Å²) < 4.78 is 1.06. The summed E-state index contributed by atoms with van der Waals surface area (Å²) in [4.78, 5) is 17.9. The number of nitrogen functional groups attached to an aromatic ring is 1. The molecule has 0 aromatic carbocycles. The summed E-state index contributed by atoms with van der Waals surface area (Å²) in [5.74, 6) is 0.748. The van der Waals surface area contributed by atoms with Crippen molar-refractivity contribution in [3.05, 3.63) is 23.7 Å². The van der Waals surface area contributed by atoms with Gasteiger partial charge in [0, 0.05) is 24.1 Å². The van der Waals surface area contributed by atoms with Gasteiger partial charge in [0.15, 0.2) is 0 Å². The van der Waals surface area contributed by atoms with Crippen molar-refractivity contribution >= 4 is 33.3 Å². The average Bonchev–Trinajstić information content (AvgIpc) is 3.42. The van der Waals surface area contributed by atoms with E-state index in [0.717, 1.165) is 20.9 Å². The highest BCUT2D eigenvalue weighted by Gasteiger charge is 2.41. The fourth-order valence-electron chi connectivity index (χ4n) is 4.14. The Morgan fingerprint density at radius 3 is 2.70 bits per heavy atom. The first-order chi connectivity index (χ1) is 14.4. The summed E-state index contributed by atoms with van der Waals surface area (Å²) in [6.45, 7) is 1.65. The molecule has 4 atom stereocenters. The Morgan fingerprint density at radius 1 is 1.20 bits per heavy atom. The van der Waals surface area contributed by atoms with Crippen LogP contribution >= 0.6 is 11.3 Å². The normalized spacial score (nSPS) is 26.4. The number of anilines is 2. The number of nitrogens with two attached hydrogens (primary N) is 1. The molecule has 0 unspecified atom stereocenters. The van der Waals surface area contributed by atoms with E-state index in [1.807, 2.05) is 13.1 Å². The third kappa shape index (κ3) is 3.39. The number of aryl methyl sites for hydroxylation is 1. The van der Waals surface area contributed by atoms with E-state index >= 15 is 0 Å². The van der Waals surface area contributed by atoms with Crippen molar-refractivity contribution in [2.75, 3.05) is 17.7 Å². The number of aliphatic hydroxyl groups excluding tert-OH is 3. The van der Waals surface area contributed by atoms with Crippen LogP contribution in [0.15, 0.2) is 12.3 Å². The van der Waals surface area contributed by atoms with Crippen LogP contribution in [-0.4, -0.2) is 60.1 Å². The molecule has 3 heterocycles. The molecule has 0 radical (unpaired) electrons. The fourth-order valence-corrected chi connectivity index (χ4v) is 5.22. The Kier molecular flexibility index (Phi) is 4.81. The van der Waals surface area contributed by atoms with Gasteiger partial charge >= 0.3 is 0 Å². The SMILES string of the molecule is Cc1nc(N)nc(N[C@@H]2C[C@H](CO)[C@@H](O)[C@H]2O)c1-c1nc2cnc(C3CC3)cc2s1. The number of aromatic nitrogens is 4. The average molecular weight is 429 g/mol. The van der Waals surface area contributed by atoms with Crippen LogP contribution in [0.4, 0.5) is 11.8 Å². The molecule has 2 fully saturated rings. The molecule has 3 aromatic rings. The quantitative estimate of drug-likeness (QED) is 0.406. The zero-order valence-electron chi connectivity index (χ0n) is 16.5. The molecule has 2 aliphatic carbocycles. The van der Waals surface area contributed by atoms with E-state index in [0.29, 0.717) is 29.4 Å². The lowest BCUT2D eigenvalue weighted by Crippen LogP contribution is -2.35. The second kappa shape index (κ2) is 7.38. The number of hydrogen-bond donors (Lipinski definition) is 5. The summed E-state index contributed by atoms with van der Waals surface area (Å²) in [6, 6.07) is 1.64. The fraction of sp³-hybridized carbons (Fsp3) is 0.500. The number of hydrogen-bond acceptors (Lipinski definition) is 10. The van der Waals surface area contributed by atoms with E-state index in [-0.39, 0.29) is 12.6 Å². The molecule has 5 rings (SSSR count). The van der Waals surface area contributed by atoms with E-state index in [9.17, 15) is 15.3 Å². The predicted octanol–water partition coefficient (Wildman–Crippen LogP) is 1.43. The van der Waals surface area contributed by atoms with Crippen LogP contribution in [0.2, 0.25) is 0 Å². The monoisotopic (exact) mass is 428 g/mol. The minimum atomic E-state index is -1.02. The largest absolute Gasteiger partial charge is 0.396 e. The molecular formula is C20H24N6O3S. The Bertz CT molecular complexity index is 1100. The zero-order valence-corrected chi connectivity index (χ0v) is 17.3. The van der Waals surface area contributed by atoms with Gasteiger partial charge in [-0.15, -0.1) is 11.3 Å². The van der Waals surface area contributed by atoms with E-state index in [1.165, 1.54) is 12.8 Å². The van der Waals surface area contributed by atoms with Crippen LogP contribution in [0.3, 0.4) is 0 Å². The number of fused-ring (bicyclic) bond motifs is 1. The lowest BCUT2D eigenvalue weighted by molar-refractivity contribution is 0.00446. The number of rotatable bonds is 5. The number of pyridine rings is 1. The molecule has 9 nitrogen and oxygen atoms in total. The van der Waals surface area contributed by atoms with Crippen molar-refractivity contribution in [2.45, 2.75) is 50.4 Å². The first kappa shape index (κ1) is 19.6. The number of thiazole rings is 1. The maximum absolute atomic E-state index is 10.4. The molecule has 0 saturated heterocycles. The Labute approximate surface area is 177 Å². The van der Waals surface area contributed by atoms with Gasteiger partial charge in [-0.2, -0.15) is 4.98 Å². The highest BCUT2D eigenvalue weighted by atomic mass is 32.1. The molecule has 158 valence electrons. The lowest BCUT2D eigenvalue weighted by Gasteiger charge is -2.20. The van der Waals surface area contributed by atoms with Gasteiger partial charge in [-0.05, 0) is 32.3 Å². The van der Waals surface area contributed by atoms with Gasteiger partial charge in [-0.1, -0.05) is 0 Å². The predicted molar refractivity (Wildman–Crippen MR) is 114 cm³/mol. The molecule has 0 spiro atoms. The molecule has 2 saturated carbocycles. The summed E-state index contributed by atoms with van der Waals surface area (Å²) >= 11 is 1.54. The van der Waals surface area contributed by atoms with Crippen molar-refractivity contribution in [3.63, 3.8) is 0 Å². The molecular weight excluding hydrogens is 404 g/mol. The highest BCUT2D eigenvalue weighted by Crippen LogP contribution is 2.42. The van der Waals surface area contributed by atoms with Crippen molar-refractivity contribution in [1.82, 2.24) is 19.9 Å². The van der Waals surface area contributed by atoms with Crippen LogP contribution in [0, 0.1) is 12.8 Å². The first-order valence-corrected chi connectivity index (χ1v) is 10.9. The lowest BCUT2D eigenvalue weighted by atomic mass is 10.1. The van der Waals surface area contributed by atoms with Crippen molar-refractivity contribution in [1.29, 1.82) is 0 Å². The summed E-state index contributed by atoms with van der Waals surface area (Å²) in [5, 5.41) is 34.0. The van der Waals surface area contributed by atoms with Gasteiger partial charge in [0.1, 0.15) is 22.4 Å². The minimum absolute atomic E-state index is 0.115. The maximum Gasteiger partial charge on any atom is 0.222 e. The van der Waals surface area contributed by atoms with E-state index < -0.39 is 24.2 Å². The summed E-state index contributed by atoms with van der Waals surface area (Å²) in [5.41, 5.74) is 9.21. The molecule has 30 heavy (non-hydrogen) atoms. The second-order valence-corrected chi connectivity index (χ2v) is 9.20. The minimum Gasteiger partial charge on any atom is -0.396 e. The summed E-state index contributed by atoms with van der Waals surface area (Å²) in [7, 11) is 0. The number of nitrogens with one attached hydrogen (secondary N) is 1. The van der Waals surface area contributed by atoms with E-state index in [2.05, 4.69) is 26.3 Å². The molecule has 0 bridgehead atoms.